The smallest absolute Gasteiger partial charge is 0.341 e. The van der Waals surface area contributed by atoms with E-state index in [0.717, 1.165) is 34.5 Å². The number of nitrogens with zero attached hydrogens (tertiary/aromatic N) is 2. The van der Waals surface area contributed by atoms with Gasteiger partial charge in [-0.25, -0.2) is 4.79 Å². The van der Waals surface area contributed by atoms with Crippen LogP contribution in [0.2, 0.25) is 0 Å². The number of hydrogen-bond acceptors (Lipinski definition) is 5. The molecule has 0 amide bonds. The summed E-state index contributed by atoms with van der Waals surface area (Å²) in [6.45, 7) is 7.66. The molecular weight excluding hydrogens is 416 g/mol. The van der Waals surface area contributed by atoms with Crippen LogP contribution in [0.3, 0.4) is 0 Å². The Labute approximate surface area is 186 Å². The molecule has 0 radical (unpaired) electrons. The van der Waals surface area contributed by atoms with Crippen LogP contribution in [-0.4, -0.2) is 34.0 Å². The highest BCUT2D eigenvalue weighted by Gasteiger charge is 2.24. The lowest BCUT2D eigenvalue weighted by Crippen LogP contribution is -2.30. The first-order valence-corrected chi connectivity index (χ1v) is 11.1. The van der Waals surface area contributed by atoms with Crippen molar-refractivity contribution in [3.63, 3.8) is 0 Å². The van der Waals surface area contributed by atoms with E-state index in [4.69, 9.17) is 17.0 Å². The van der Waals surface area contributed by atoms with Crippen molar-refractivity contribution in [1.29, 1.82) is 0 Å². The van der Waals surface area contributed by atoms with E-state index in [2.05, 4.69) is 15.7 Å². The maximum Gasteiger partial charge on any atom is 0.341 e. The lowest BCUT2D eigenvalue weighted by atomic mass is 10.0. The number of aromatic nitrogens is 2. The van der Waals surface area contributed by atoms with Crippen LogP contribution < -0.4 is 10.6 Å². The van der Waals surface area contributed by atoms with Crippen LogP contribution in [0.4, 0.5) is 5.00 Å². The summed E-state index contributed by atoms with van der Waals surface area (Å²) in [6, 6.07) is 9.87. The maximum absolute atomic E-state index is 12.7. The van der Waals surface area contributed by atoms with Gasteiger partial charge < -0.3 is 15.4 Å². The van der Waals surface area contributed by atoms with Crippen molar-refractivity contribution >= 4 is 39.6 Å². The van der Waals surface area contributed by atoms with Gasteiger partial charge in [-0.3, -0.25) is 4.68 Å². The Bertz CT molecular complexity index is 1010. The molecule has 0 saturated heterocycles. The van der Waals surface area contributed by atoms with E-state index >= 15 is 0 Å². The molecule has 0 aliphatic rings. The topological polar surface area (TPSA) is 68.2 Å². The highest BCUT2D eigenvalue weighted by atomic mass is 32.1. The minimum Gasteiger partial charge on any atom is -0.462 e. The standard InChI is InChI=1S/C22H26N4O2S2/c1-4-28-21(27)19-18(17-9-6-5-7-10-17)16(3)30-20(19)25-22(29)23-11-8-12-26-14-15(2)13-24-26/h5-7,9-10,13-14H,4,8,11-12H2,1-3H3,(H2,23,25,29). The van der Waals surface area contributed by atoms with E-state index in [1.54, 1.807) is 6.92 Å². The molecule has 0 unspecified atom stereocenters. The van der Waals surface area contributed by atoms with Gasteiger partial charge in [0, 0.05) is 29.7 Å². The zero-order valence-electron chi connectivity index (χ0n) is 17.4. The Kier molecular flexibility index (Phi) is 7.59. The first kappa shape index (κ1) is 22.0. The van der Waals surface area contributed by atoms with Gasteiger partial charge in [-0.05, 0) is 50.5 Å². The number of aryl methyl sites for hydroxylation is 3. The van der Waals surface area contributed by atoms with Crippen molar-refractivity contribution in [2.45, 2.75) is 33.7 Å². The summed E-state index contributed by atoms with van der Waals surface area (Å²) < 4.78 is 7.25. The van der Waals surface area contributed by atoms with Crippen molar-refractivity contribution < 1.29 is 9.53 Å². The van der Waals surface area contributed by atoms with Crippen LogP contribution >= 0.6 is 23.6 Å². The number of thiocarbonyl (C=S) groups is 1. The third kappa shape index (κ3) is 5.46. The molecule has 8 heteroatoms. The molecule has 0 atom stereocenters. The third-order valence-electron chi connectivity index (χ3n) is 4.47. The van der Waals surface area contributed by atoms with Gasteiger partial charge in [0.15, 0.2) is 5.11 Å². The number of esters is 1. The average Bonchev–Trinajstić information content (AvgIpc) is 3.28. The van der Waals surface area contributed by atoms with Crippen molar-refractivity contribution in [2.75, 3.05) is 18.5 Å². The van der Waals surface area contributed by atoms with E-state index in [0.29, 0.717) is 28.8 Å². The van der Waals surface area contributed by atoms with Gasteiger partial charge >= 0.3 is 5.97 Å². The Hall–Kier alpha value is -2.71. The Morgan fingerprint density at radius 2 is 2.03 bits per heavy atom. The van der Waals surface area contributed by atoms with Crippen LogP contribution in [0.5, 0.6) is 0 Å². The predicted octanol–water partition coefficient (Wildman–Crippen LogP) is 4.78. The minimum atomic E-state index is -0.347. The zero-order chi connectivity index (χ0) is 21.5. The van der Waals surface area contributed by atoms with Crippen LogP contribution in [-0.2, 0) is 11.3 Å². The predicted molar refractivity (Wildman–Crippen MR) is 126 cm³/mol. The molecule has 2 heterocycles. The summed E-state index contributed by atoms with van der Waals surface area (Å²) in [5.41, 5.74) is 3.55. The van der Waals surface area contributed by atoms with E-state index in [1.165, 1.54) is 11.3 Å². The van der Waals surface area contributed by atoms with Crippen molar-refractivity contribution in [1.82, 2.24) is 15.1 Å². The Balaban J connectivity index is 1.70. The molecular formula is C22H26N4O2S2. The molecule has 0 saturated carbocycles. The molecule has 158 valence electrons. The fraction of sp³-hybridized carbons (Fsp3) is 0.318. The molecule has 2 N–H and O–H groups in total. The number of benzene rings is 1. The number of carbonyl (C=O) groups excluding carboxylic acids is 1. The molecule has 0 aliphatic carbocycles. The first-order valence-electron chi connectivity index (χ1n) is 9.89. The molecule has 6 nitrogen and oxygen atoms in total. The van der Waals surface area contributed by atoms with Gasteiger partial charge in [-0.2, -0.15) is 5.10 Å². The molecule has 2 aromatic heterocycles. The number of rotatable bonds is 8. The number of thiophene rings is 1. The first-order chi connectivity index (χ1) is 14.5. The summed E-state index contributed by atoms with van der Waals surface area (Å²) in [6.07, 6.45) is 4.74. The van der Waals surface area contributed by atoms with Crippen LogP contribution in [0.1, 0.15) is 34.1 Å². The van der Waals surface area contributed by atoms with Gasteiger partial charge in [0.1, 0.15) is 10.6 Å². The SMILES string of the molecule is CCOC(=O)c1c(NC(=S)NCCCn2cc(C)cn2)sc(C)c1-c1ccccc1. The third-order valence-corrected chi connectivity index (χ3v) is 5.73. The van der Waals surface area contributed by atoms with Crippen molar-refractivity contribution in [3.05, 3.63) is 58.7 Å². The fourth-order valence-corrected chi connectivity index (χ4v) is 4.50. The quantitative estimate of drug-likeness (QED) is 0.297. The number of carbonyl (C=O) groups is 1. The molecule has 3 aromatic rings. The molecule has 0 spiro atoms. The average molecular weight is 443 g/mol. The van der Waals surface area contributed by atoms with Gasteiger partial charge in [-0.15, -0.1) is 11.3 Å². The van der Waals surface area contributed by atoms with E-state index in [-0.39, 0.29) is 5.97 Å². The lowest BCUT2D eigenvalue weighted by Gasteiger charge is -2.12. The number of anilines is 1. The number of nitrogens with one attached hydrogen (secondary N) is 2. The molecule has 3 rings (SSSR count). The molecule has 0 aliphatic heterocycles. The highest BCUT2D eigenvalue weighted by molar-refractivity contribution is 7.80. The number of ether oxygens (including phenoxy) is 1. The molecule has 0 bridgehead atoms. The Morgan fingerprint density at radius 3 is 2.70 bits per heavy atom. The molecule has 1 aromatic carbocycles. The fourth-order valence-electron chi connectivity index (χ4n) is 3.16. The van der Waals surface area contributed by atoms with Gasteiger partial charge in [0.25, 0.3) is 0 Å². The monoisotopic (exact) mass is 442 g/mol. The van der Waals surface area contributed by atoms with E-state index < -0.39 is 0 Å². The summed E-state index contributed by atoms with van der Waals surface area (Å²) in [4.78, 5) is 13.8. The second-order valence-electron chi connectivity index (χ2n) is 6.84. The van der Waals surface area contributed by atoms with Crippen LogP contribution in [0.15, 0.2) is 42.7 Å². The van der Waals surface area contributed by atoms with Gasteiger partial charge in [0.05, 0.1) is 12.8 Å². The summed E-state index contributed by atoms with van der Waals surface area (Å²) in [5, 5.41) is 11.9. The molecule has 0 fully saturated rings. The van der Waals surface area contributed by atoms with Crippen LogP contribution in [0.25, 0.3) is 11.1 Å². The molecule has 30 heavy (non-hydrogen) atoms. The second kappa shape index (κ2) is 10.4. The maximum atomic E-state index is 12.7. The Morgan fingerprint density at radius 1 is 1.27 bits per heavy atom. The van der Waals surface area contributed by atoms with Gasteiger partial charge in [0.2, 0.25) is 0 Å². The van der Waals surface area contributed by atoms with E-state index in [1.807, 2.05) is 61.3 Å². The highest BCUT2D eigenvalue weighted by Crippen LogP contribution is 2.40. The van der Waals surface area contributed by atoms with Gasteiger partial charge in [-0.1, -0.05) is 30.3 Å². The van der Waals surface area contributed by atoms with E-state index in [9.17, 15) is 4.79 Å². The summed E-state index contributed by atoms with van der Waals surface area (Å²) in [5.74, 6) is -0.347. The second-order valence-corrected chi connectivity index (χ2v) is 8.47. The summed E-state index contributed by atoms with van der Waals surface area (Å²) >= 11 is 6.96. The zero-order valence-corrected chi connectivity index (χ0v) is 19.0. The summed E-state index contributed by atoms with van der Waals surface area (Å²) in [7, 11) is 0. The normalized spacial score (nSPS) is 10.6. The van der Waals surface area contributed by atoms with Crippen LogP contribution in [0, 0.1) is 13.8 Å². The minimum absolute atomic E-state index is 0.316. The largest absolute Gasteiger partial charge is 0.462 e. The van der Waals surface area contributed by atoms with Crippen molar-refractivity contribution in [3.8, 4) is 11.1 Å². The van der Waals surface area contributed by atoms with Crippen molar-refractivity contribution in [2.24, 2.45) is 0 Å². The lowest BCUT2D eigenvalue weighted by molar-refractivity contribution is 0.0529. The number of hydrogen-bond donors (Lipinski definition) is 2.